The molecule has 0 heterocycles. The first-order chi connectivity index (χ1) is 6.00. The van der Waals surface area contributed by atoms with Crippen LogP contribution < -0.4 is 41.9 Å². The summed E-state index contributed by atoms with van der Waals surface area (Å²) in [6, 6.07) is 0. The first-order valence-electron chi connectivity index (χ1n) is 1.90. The summed E-state index contributed by atoms with van der Waals surface area (Å²) in [4.78, 5) is 0. The average molecular weight is 554 g/mol. The number of hydrogen-bond donors (Lipinski definition) is 3. The standard InChI is InChI=1S/3ClHO4.Nd.6H2O/c3*2-1(3,4)5;;;;;;;/h3*(H,2,3,4,5);;6*1H2. The Bertz CT molecular complexity index is 93.4. The molecule has 0 fully saturated rings. The molecule has 0 amide bonds. The Morgan fingerprint density at radius 1 is 0.364 bits per heavy atom. The van der Waals surface area contributed by atoms with E-state index in [1.54, 1.807) is 0 Å². The van der Waals surface area contributed by atoms with Crippen LogP contribution in [0.1, 0.15) is 0 Å². The Morgan fingerprint density at radius 2 is 0.364 bits per heavy atom. The SMILES string of the molecule is O.O.O.O.O.O.[Nd].[O-][Cl+3]([O-])([O-])O.[O-][Cl+3]([O-])([O-])O.[O-][Cl+3]([O-])([O-])O. The van der Waals surface area contributed by atoms with Gasteiger partial charge in [0, 0.05) is 40.8 Å². The second-order valence-corrected chi connectivity index (χ2v) is 3.56. The van der Waals surface area contributed by atoms with Gasteiger partial charge >= 0.3 is 0 Å². The van der Waals surface area contributed by atoms with Crippen LogP contribution in [0, 0.1) is 71.6 Å². The second-order valence-electron chi connectivity index (χ2n) is 1.19. The van der Waals surface area contributed by atoms with E-state index in [1.165, 1.54) is 0 Å². The third-order valence-corrected chi connectivity index (χ3v) is 0. The van der Waals surface area contributed by atoms with Crippen molar-refractivity contribution in [2.45, 2.75) is 0 Å². The van der Waals surface area contributed by atoms with Crippen molar-refractivity contribution >= 4 is 0 Å². The van der Waals surface area contributed by atoms with Crippen molar-refractivity contribution in [1.29, 1.82) is 0 Å². The van der Waals surface area contributed by atoms with Crippen LogP contribution in [0.4, 0.5) is 0 Å². The Morgan fingerprint density at radius 3 is 0.364 bits per heavy atom. The van der Waals surface area contributed by atoms with Crippen LogP contribution in [-0.2, 0) is 0 Å². The predicted octanol–water partition coefficient (Wildman–Crippen LogP) is -17.3. The Hall–Kier alpha value is 1.50. The molecule has 0 aliphatic heterocycles. The normalized spacial score (nSPS) is 8.18. The summed E-state index contributed by atoms with van der Waals surface area (Å²) < 4.78 is 98.2. The largest absolute Gasteiger partial charge is 0.412 e. The van der Waals surface area contributed by atoms with Crippen molar-refractivity contribution in [3.05, 3.63) is 0 Å². The third kappa shape index (κ3) is 4010. The molecule has 0 aromatic rings. The van der Waals surface area contributed by atoms with E-state index in [2.05, 4.69) is 0 Å². The van der Waals surface area contributed by atoms with Crippen LogP contribution in [0.5, 0.6) is 0 Å². The number of hydrogen-bond acceptors (Lipinski definition) is 12. The molecule has 0 unspecified atom stereocenters. The minimum atomic E-state index is -4.69. The van der Waals surface area contributed by atoms with Crippen LogP contribution in [0.15, 0.2) is 0 Å². The van der Waals surface area contributed by atoms with Crippen LogP contribution in [0.25, 0.3) is 0 Å². The average Bonchev–Trinajstić information content (AvgIpc) is 1.41. The van der Waals surface area contributed by atoms with E-state index in [9.17, 15) is 0 Å². The van der Waals surface area contributed by atoms with E-state index in [0.717, 1.165) is 0 Å². The molecule has 0 aromatic heterocycles. The zero-order valence-electron chi connectivity index (χ0n) is 9.65. The van der Waals surface area contributed by atoms with Crippen molar-refractivity contribution in [3.63, 3.8) is 0 Å². The molecular weight excluding hydrogens is 539 g/mol. The van der Waals surface area contributed by atoms with E-state index in [1.807, 2.05) is 0 Å². The maximum Gasteiger partial charge on any atom is 0.0777 e. The van der Waals surface area contributed by atoms with E-state index in [0.29, 0.717) is 0 Å². The zero-order valence-corrected chi connectivity index (χ0v) is 15.1. The molecule has 0 saturated heterocycles. The van der Waals surface area contributed by atoms with Gasteiger partial charge in [-0.2, -0.15) is 41.9 Å². The fourth-order valence-corrected chi connectivity index (χ4v) is 0. The van der Waals surface area contributed by atoms with Crippen molar-refractivity contribution in [3.8, 4) is 0 Å². The zero-order chi connectivity index (χ0) is 13.5. The molecule has 0 aliphatic rings. The minimum absolute atomic E-state index is 0. The molecule has 0 rings (SSSR count). The number of halogens is 3. The van der Waals surface area contributed by atoms with Crippen LogP contribution >= 0.6 is 0 Å². The summed E-state index contributed by atoms with van der Waals surface area (Å²) in [5, 5.41) is 0. The summed E-state index contributed by atoms with van der Waals surface area (Å²) >= 11 is 0. The van der Waals surface area contributed by atoms with Crippen LogP contribution in [0.2, 0.25) is 0 Å². The maximum atomic E-state index is 8.60. The first-order valence-corrected chi connectivity index (χ1v) is 5.69. The van der Waals surface area contributed by atoms with Crippen molar-refractivity contribution in [2.24, 2.45) is 0 Å². The second kappa shape index (κ2) is 27.4. The fourth-order valence-electron chi connectivity index (χ4n) is 0. The summed E-state index contributed by atoms with van der Waals surface area (Å²) in [5.41, 5.74) is 0. The number of rotatable bonds is 0. The Labute approximate surface area is 159 Å². The Balaban J connectivity index is -0.0000000106. The van der Waals surface area contributed by atoms with E-state index < -0.39 is 30.7 Å². The van der Waals surface area contributed by atoms with Gasteiger partial charge in [-0.1, -0.05) is 0 Å². The molecule has 0 radical (unpaired) electrons. The molecular formula is H15Cl3NdO18. The Kier molecular flexibility index (Phi) is 81.2. The van der Waals surface area contributed by atoms with Crippen molar-refractivity contribution in [2.75, 3.05) is 0 Å². The van der Waals surface area contributed by atoms with E-state index in [-0.39, 0.29) is 73.7 Å². The van der Waals surface area contributed by atoms with Crippen LogP contribution in [0.3, 0.4) is 0 Å². The summed E-state index contributed by atoms with van der Waals surface area (Å²) in [6.45, 7) is 0. The van der Waals surface area contributed by atoms with Gasteiger partial charge in [0.25, 0.3) is 0 Å². The minimum Gasteiger partial charge on any atom is -0.412 e. The third-order valence-electron chi connectivity index (χ3n) is 0. The molecule has 148 valence electrons. The molecule has 0 spiro atoms. The van der Waals surface area contributed by atoms with Gasteiger partial charge in [-0.25, -0.2) is 0 Å². The van der Waals surface area contributed by atoms with E-state index in [4.69, 9.17) is 55.9 Å². The quantitative estimate of drug-likeness (QED) is 0.251. The monoisotopic (exact) mass is 550 g/mol. The molecule has 0 saturated carbocycles. The van der Waals surface area contributed by atoms with Crippen LogP contribution in [-0.4, -0.2) is 46.8 Å². The molecule has 15 N–H and O–H groups in total. The van der Waals surface area contributed by atoms with Gasteiger partial charge < -0.3 is 32.9 Å². The fraction of sp³-hybridized carbons (Fsp3) is 0. The van der Waals surface area contributed by atoms with Gasteiger partial charge in [0.05, 0.1) is 44.7 Å². The van der Waals surface area contributed by atoms with Gasteiger partial charge in [0.2, 0.25) is 0 Å². The molecule has 0 aromatic carbocycles. The molecule has 22 heteroatoms. The molecule has 0 aliphatic carbocycles. The smallest absolute Gasteiger partial charge is 0.0777 e. The van der Waals surface area contributed by atoms with Gasteiger partial charge in [0.1, 0.15) is 0 Å². The molecule has 0 atom stereocenters. The summed E-state index contributed by atoms with van der Waals surface area (Å²) in [6.07, 6.45) is 0. The van der Waals surface area contributed by atoms with Gasteiger partial charge in [-0.3, -0.25) is 0 Å². The van der Waals surface area contributed by atoms with Gasteiger partial charge in [0.15, 0.2) is 0 Å². The molecule has 0 bridgehead atoms. The van der Waals surface area contributed by atoms with Crippen molar-refractivity contribution in [1.82, 2.24) is 0 Å². The first kappa shape index (κ1) is 65.3. The predicted molar refractivity (Wildman–Crippen MR) is 28.3 cm³/mol. The summed E-state index contributed by atoms with van der Waals surface area (Å²) in [7, 11) is -14.1. The molecule has 18 nitrogen and oxygen atoms in total. The van der Waals surface area contributed by atoms with Gasteiger partial charge in [-0.15, -0.1) is 0 Å². The summed E-state index contributed by atoms with van der Waals surface area (Å²) in [5.74, 6) is 0. The molecule has 22 heavy (non-hydrogen) atoms. The van der Waals surface area contributed by atoms with E-state index >= 15 is 0 Å². The van der Waals surface area contributed by atoms with Gasteiger partial charge in [-0.05, 0) is 0 Å². The van der Waals surface area contributed by atoms with Crippen molar-refractivity contribution < 1.29 is 160 Å². The maximum absolute atomic E-state index is 8.60. The topological polar surface area (TPSA) is 457 Å².